The van der Waals surface area contributed by atoms with E-state index in [1.807, 2.05) is 4.72 Å². The van der Waals surface area contributed by atoms with Gasteiger partial charge in [-0.3, -0.25) is 0 Å². The van der Waals surface area contributed by atoms with Crippen LogP contribution >= 0.6 is 11.6 Å². The summed E-state index contributed by atoms with van der Waals surface area (Å²) in [5.41, 5.74) is 0. The van der Waals surface area contributed by atoms with Crippen LogP contribution in [0.25, 0.3) is 0 Å². The van der Waals surface area contributed by atoms with Gasteiger partial charge in [0.25, 0.3) is 0 Å². The SMILES string of the molecule is N#CCNS(=O)(=O)CCCl. The normalized spacial score (nSPS) is 10.8. The van der Waals surface area contributed by atoms with Gasteiger partial charge in [-0.25, -0.2) is 13.1 Å². The summed E-state index contributed by atoms with van der Waals surface area (Å²) in [4.78, 5) is 0. The first-order chi connectivity index (χ1) is 4.62. The Labute approximate surface area is 64.8 Å². The molecule has 0 spiro atoms. The number of rotatable bonds is 4. The Morgan fingerprint density at radius 1 is 1.60 bits per heavy atom. The monoisotopic (exact) mass is 182 g/mol. The summed E-state index contributed by atoms with van der Waals surface area (Å²) < 4.78 is 23.3. The number of halogens is 1. The third-order valence-corrected chi connectivity index (χ3v) is 2.46. The van der Waals surface area contributed by atoms with Crippen LogP contribution in [0.15, 0.2) is 0 Å². The molecule has 1 N–H and O–H groups in total. The number of hydrogen-bond acceptors (Lipinski definition) is 3. The number of sulfonamides is 1. The first kappa shape index (κ1) is 9.69. The van der Waals surface area contributed by atoms with E-state index in [0.29, 0.717) is 0 Å². The lowest BCUT2D eigenvalue weighted by Crippen LogP contribution is -2.27. The zero-order valence-corrected chi connectivity index (χ0v) is 6.74. The Bertz CT molecular complexity index is 218. The Morgan fingerprint density at radius 3 is 2.60 bits per heavy atom. The minimum atomic E-state index is -3.30. The summed E-state index contributed by atoms with van der Waals surface area (Å²) in [6.07, 6.45) is 0. The third-order valence-electron chi connectivity index (χ3n) is 0.717. The molecule has 0 aromatic rings. The highest BCUT2D eigenvalue weighted by Crippen LogP contribution is 1.84. The second kappa shape index (κ2) is 4.50. The maximum Gasteiger partial charge on any atom is 0.213 e. The first-order valence-corrected chi connectivity index (χ1v) is 4.71. The van der Waals surface area contributed by atoms with Gasteiger partial charge in [0.15, 0.2) is 0 Å². The molecule has 0 heterocycles. The van der Waals surface area contributed by atoms with Crippen molar-refractivity contribution in [3.63, 3.8) is 0 Å². The molecule has 0 rings (SSSR count). The average molecular weight is 183 g/mol. The number of hydrogen-bond donors (Lipinski definition) is 1. The molecule has 4 nitrogen and oxygen atoms in total. The highest BCUT2D eigenvalue weighted by Gasteiger charge is 2.06. The van der Waals surface area contributed by atoms with Crippen molar-refractivity contribution < 1.29 is 8.42 Å². The van der Waals surface area contributed by atoms with Gasteiger partial charge in [0.1, 0.15) is 0 Å². The van der Waals surface area contributed by atoms with Gasteiger partial charge >= 0.3 is 0 Å². The maximum atomic E-state index is 10.6. The molecule has 0 amide bonds. The molecule has 58 valence electrons. The second-order valence-electron chi connectivity index (χ2n) is 1.49. The van der Waals surface area contributed by atoms with Gasteiger partial charge < -0.3 is 0 Å². The minimum absolute atomic E-state index is 0.0424. The van der Waals surface area contributed by atoms with Crippen LogP contribution in [0, 0.1) is 11.3 Å². The van der Waals surface area contributed by atoms with Gasteiger partial charge in [0, 0.05) is 5.88 Å². The summed E-state index contributed by atoms with van der Waals surface area (Å²) >= 11 is 5.16. The van der Waals surface area contributed by atoms with Crippen molar-refractivity contribution in [2.45, 2.75) is 0 Å². The predicted molar refractivity (Wildman–Crippen MR) is 38.1 cm³/mol. The predicted octanol–water partition coefficient (Wildman–Crippen LogP) is -0.332. The molecular weight excluding hydrogens is 176 g/mol. The van der Waals surface area contributed by atoms with Crippen LogP contribution in [0.5, 0.6) is 0 Å². The molecule has 0 fully saturated rings. The molecule has 6 heteroatoms. The van der Waals surface area contributed by atoms with E-state index in [1.54, 1.807) is 6.07 Å². The van der Waals surface area contributed by atoms with E-state index in [2.05, 4.69) is 0 Å². The van der Waals surface area contributed by atoms with Crippen LogP contribution in [0.4, 0.5) is 0 Å². The third kappa shape index (κ3) is 4.56. The van der Waals surface area contributed by atoms with E-state index >= 15 is 0 Å². The topological polar surface area (TPSA) is 70.0 Å². The number of nitriles is 1. The van der Waals surface area contributed by atoms with Crippen molar-refractivity contribution in [2.24, 2.45) is 0 Å². The fourth-order valence-corrected chi connectivity index (χ4v) is 1.56. The quantitative estimate of drug-likeness (QED) is 0.478. The number of alkyl halides is 1. The molecule has 0 aliphatic heterocycles. The van der Waals surface area contributed by atoms with Crippen molar-refractivity contribution in [1.82, 2.24) is 4.72 Å². The van der Waals surface area contributed by atoms with Crippen molar-refractivity contribution in [2.75, 3.05) is 18.2 Å². The number of nitrogens with one attached hydrogen (secondary N) is 1. The van der Waals surface area contributed by atoms with E-state index < -0.39 is 10.0 Å². The summed E-state index contributed by atoms with van der Waals surface area (Å²) in [6.45, 7) is -0.195. The lowest BCUT2D eigenvalue weighted by molar-refractivity contribution is 0.587. The second-order valence-corrected chi connectivity index (χ2v) is 3.79. The summed E-state index contributed by atoms with van der Waals surface area (Å²) in [5.74, 6) is -0.100. The molecule has 0 atom stereocenters. The molecule has 0 radical (unpaired) electrons. The van der Waals surface area contributed by atoms with Gasteiger partial charge in [-0.1, -0.05) is 0 Å². The Kier molecular flexibility index (Phi) is 4.36. The smallest absolute Gasteiger partial charge is 0.212 e. The molecule has 0 bridgehead atoms. The number of nitrogens with zero attached hydrogens (tertiary/aromatic N) is 1. The lowest BCUT2D eigenvalue weighted by atomic mass is 10.8. The van der Waals surface area contributed by atoms with Gasteiger partial charge in [-0.05, 0) is 0 Å². The Balaban J connectivity index is 3.80. The van der Waals surface area contributed by atoms with Crippen LogP contribution in [-0.2, 0) is 10.0 Å². The molecule has 0 saturated carbocycles. The minimum Gasteiger partial charge on any atom is -0.212 e. The lowest BCUT2D eigenvalue weighted by Gasteiger charge is -1.97. The van der Waals surface area contributed by atoms with E-state index in [1.165, 1.54) is 0 Å². The molecule has 10 heavy (non-hydrogen) atoms. The summed E-state index contributed by atoms with van der Waals surface area (Å²) in [5, 5.41) is 7.99. The van der Waals surface area contributed by atoms with E-state index in [-0.39, 0.29) is 18.2 Å². The fraction of sp³-hybridized carbons (Fsp3) is 0.750. The zero-order valence-electron chi connectivity index (χ0n) is 5.17. The molecule has 0 unspecified atom stereocenters. The molecule has 0 aliphatic rings. The van der Waals surface area contributed by atoms with Crippen molar-refractivity contribution in [3.8, 4) is 6.07 Å². The van der Waals surface area contributed by atoms with Gasteiger partial charge in [0.2, 0.25) is 10.0 Å². The van der Waals surface area contributed by atoms with Crippen LogP contribution in [0.2, 0.25) is 0 Å². The highest BCUT2D eigenvalue weighted by atomic mass is 35.5. The van der Waals surface area contributed by atoms with E-state index in [0.717, 1.165) is 0 Å². The molecule has 0 aromatic carbocycles. The van der Waals surface area contributed by atoms with Crippen molar-refractivity contribution >= 4 is 21.6 Å². The first-order valence-electron chi connectivity index (χ1n) is 2.52. The van der Waals surface area contributed by atoms with Crippen LogP contribution in [-0.4, -0.2) is 26.6 Å². The highest BCUT2D eigenvalue weighted by molar-refractivity contribution is 7.89. The summed E-state index contributed by atoms with van der Waals surface area (Å²) in [6, 6.07) is 1.65. The molecular formula is C4H7ClN2O2S. The van der Waals surface area contributed by atoms with Gasteiger partial charge in [-0.2, -0.15) is 5.26 Å². The van der Waals surface area contributed by atoms with Crippen LogP contribution in [0.3, 0.4) is 0 Å². The van der Waals surface area contributed by atoms with Crippen molar-refractivity contribution in [3.05, 3.63) is 0 Å². The zero-order chi connectivity index (χ0) is 8.04. The van der Waals surface area contributed by atoms with Gasteiger partial charge in [-0.15, -0.1) is 11.6 Å². The van der Waals surface area contributed by atoms with Crippen LogP contribution in [0.1, 0.15) is 0 Å². The van der Waals surface area contributed by atoms with Gasteiger partial charge in [0.05, 0.1) is 18.4 Å². The van der Waals surface area contributed by atoms with E-state index in [9.17, 15) is 8.42 Å². The van der Waals surface area contributed by atoms with Crippen molar-refractivity contribution in [1.29, 1.82) is 5.26 Å². The standard InChI is InChI=1S/C4H7ClN2O2S/c5-1-4-10(8,9)7-3-2-6/h7H,1,3-4H2. The molecule has 0 saturated heterocycles. The average Bonchev–Trinajstić information content (AvgIpc) is 1.84. The fourth-order valence-electron chi connectivity index (χ4n) is 0.316. The Hall–Kier alpha value is -0.310. The summed E-state index contributed by atoms with van der Waals surface area (Å²) in [7, 11) is -3.30. The molecule has 0 aromatic heterocycles. The maximum absolute atomic E-state index is 10.6. The van der Waals surface area contributed by atoms with E-state index in [4.69, 9.17) is 16.9 Å². The molecule has 0 aliphatic carbocycles. The van der Waals surface area contributed by atoms with Crippen LogP contribution < -0.4 is 4.72 Å². The Morgan fingerprint density at radius 2 is 2.20 bits per heavy atom. The largest absolute Gasteiger partial charge is 0.213 e.